The number of carbonyl (C=O) groups excluding carboxylic acids is 1. The molecule has 5 rings (SSSR count). The standard InChI is InChI=1S/C25H27FN8O3/c26-18-3-1-4-19(13-18)34(15-23(27)35)16-24(31-32-34)30-25-21-6-5-20(14-22(21)28-17-29-25)37-10-2-7-33-8-11-36-12-9-33/h1,3-6,13-14,16-17H,2,7-12,15H2,(H2-,27,28,29,30,35)/p+1. The van der Waals surface area contributed by atoms with Crippen molar-refractivity contribution in [2.24, 2.45) is 16.1 Å². The molecular formula is C25H28FN8O3+. The minimum atomic E-state index is -0.606. The molecule has 1 atom stereocenters. The number of carbonyl (C=O) groups is 1. The van der Waals surface area contributed by atoms with Gasteiger partial charge in [-0.3, -0.25) is 9.69 Å². The molecule has 3 aromatic rings. The number of nitrogens with zero attached hydrogens (tertiary/aromatic N) is 6. The highest BCUT2D eigenvalue weighted by molar-refractivity contribution is 5.90. The minimum Gasteiger partial charge on any atom is -0.493 e. The van der Waals surface area contributed by atoms with Crippen molar-refractivity contribution >= 4 is 28.3 Å². The molecule has 2 aromatic carbocycles. The molecule has 1 aromatic heterocycles. The highest BCUT2D eigenvalue weighted by Crippen LogP contribution is 2.32. The number of halogens is 1. The van der Waals surface area contributed by atoms with E-state index < -0.39 is 11.7 Å². The average molecular weight is 508 g/mol. The SMILES string of the molecule is NC(=O)C[N+]1(c2cccc(F)c2)C=C(Nc2ncnc3cc(OCCCN4CCOCC4)ccc23)N=N1. The number of nitrogens with one attached hydrogen (secondary N) is 1. The largest absolute Gasteiger partial charge is 0.493 e. The Hall–Kier alpha value is -4.00. The van der Waals surface area contributed by atoms with Crippen molar-refractivity contribution < 1.29 is 18.7 Å². The first-order chi connectivity index (χ1) is 18.0. The zero-order chi connectivity index (χ0) is 25.7. The van der Waals surface area contributed by atoms with Gasteiger partial charge >= 0.3 is 0 Å². The van der Waals surface area contributed by atoms with Gasteiger partial charge in [0.1, 0.15) is 23.7 Å². The van der Waals surface area contributed by atoms with Crippen LogP contribution in [0.15, 0.2) is 71.2 Å². The Labute approximate surface area is 213 Å². The number of rotatable bonds is 10. The Bertz CT molecular complexity index is 1340. The van der Waals surface area contributed by atoms with Crippen LogP contribution in [0.3, 0.4) is 0 Å². The summed E-state index contributed by atoms with van der Waals surface area (Å²) in [6.07, 6.45) is 3.96. The smallest absolute Gasteiger partial charge is 0.276 e. The van der Waals surface area contributed by atoms with E-state index in [0.29, 0.717) is 29.4 Å². The zero-order valence-electron chi connectivity index (χ0n) is 20.2. The van der Waals surface area contributed by atoms with Crippen molar-refractivity contribution in [3.8, 4) is 5.75 Å². The lowest BCUT2D eigenvalue weighted by Gasteiger charge is -2.26. The average Bonchev–Trinajstić information content (AvgIpc) is 3.30. The number of aromatic nitrogens is 2. The molecule has 11 nitrogen and oxygen atoms in total. The normalized spacial score (nSPS) is 19.6. The highest BCUT2D eigenvalue weighted by atomic mass is 19.1. The van der Waals surface area contributed by atoms with E-state index in [2.05, 4.69) is 30.5 Å². The summed E-state index contributed by atoms with van der Waals surface area (Å²) in [6, 6.07) is 11.4. The molecule has 0 saturated carbocycles. The number of hydrogen-bond donors (Lipinski definition) is 2. The van der Waals surface area contributed by atoms with Gasteiger partial charge in [0, 0.05) is 48.4 Å². The second-order valence-electron chi connectivity index (χ2n) is 8.82. The number of hydrogen-bond acceptors (Lipinski definition) is 9. The van der Waals surface area contributed by atoms with Crippen LogP contribution in [-0.2, 0) is 9.53 Å². The summed E-state index contributed by atoms with van der Waals surface area (Å²) >= 11 is 0. The second kappa shape index (κ2) is 10.9. The molecule has 0 bridgehead atoms. The summed E-state index contributed by atoms with van der Waals surface area (Å²) in [5, 5.41) is 12.3. The van der Waals surface area contributed by atoms with Gasteiger partial charge in [-0.1, -0.05) is 11.2 Å². The van der Waals surface area contributed by atoms with E-state index in [1.807, 2.05) is 18.2 Å². The van der Waals surface area contributed by atoms with Crippen molar-refractivity contribution in [3.63, 3.8) is 0 Å². The molecular weight excluding hydrogens is 479 g/mol. The van der Waals surface area contributed by atoms with E-state index in [4.69, 9.17) is 15.2 Å². The Morgan fingerprint density at radius 2 is 2.05 bits per heavy atom. The van der Waals surface area contributed by atoms with Gasteiger partial charge in [-0.2, -0.15) is 0 Å². The van der Waals surface area contributed by atoms with Gasteiger partial charge in [-0.15, -0.1) is 4.59 Å². The number of nitrogens with two attached hydrogens (primary N) is 1. The van der Waals surface area contributed by atoms with Crippen LogP contribution in [0.2, 0.25) is 0 Å². The molecule has 1 amide bonds. The van der Waals surface area contributed by atoms with Crippen LogP contribution < -0.4 is 20.4 Å². The molecule has 0 spiro atoms. The van der Waals surface area contributed by atoms with Gasteiger partial charge in [-0.05, 0) is 24.6 Å². The zero-order valence-corrected chi connectivity index (χ0v) is 20.2. The third kappa shape index (κ3) is 5.88. The van der Waals surface area contributed by atoms with Gasteiger partial charge < -0.3 is 20.5 Å². The fourth-order valence-electron chi connectivity index (χ4n) is 4.34. The number of fused-ring (bicyclic) bond motifs is 1. The van der Waals surface area contributed by atoms with E-state index in [0.717, 1.165) is 50.4 Å². The quantitative estimate of drug-likeness (QED) is 0.319. The van der Waals surface area contributed by atoms with E-state index in [9.17, 15) is 9.18 Å². The number of ether oxygens (including phenoxy) is 2. The maximum absolute atomic E-state index is 13.9. The molecule has 37 heavy (non-hydrogen) atoms. The molecule has 12 heteroatoms. The molecule has 3 N–H and O–H groups in total. The summed E-state index contributed by atoms with van der Waals surface area (Å²) in [6.45, 7) is 4.86. The van der Waals surface area contributed by atoms with Crippen molar-refractivity contribution in [1.82, 2.24) is 19.5 Å². The fourth-order valence-corrected chi connectivity index (χ4v) is 4.34. The summed E-state index contributed by atoms with van der Waals surface area (Å²) in [5.41, 5.74) is 6.58. The van der Waals surface area contributed by atoms with E-state index in [1.165, 1.54) is 18.5 Å². The predicted octanol–water partition coefficient (Wildman–Crippen LogP) is 2.95. The van der Waals surface area contributed by atoms with Crippen LogP contribution in [0.25, 0.3) is 10.9 Å². The van der Waals surface area contributed by atoms with Gasteiger partial charge in [0.2, 0.25) is 5.82 Å². The fraction of sp³-hybridized carbons (Fsp3) is 0.320. The first-order valence-electron chi connectivity index (χ1n) is 12.0. The lowest BCUT2D eigenvalue weighted by molar-refractivity contribution is -0.118. The lowest BCUT2D eigenvalue weighted by Crippen LogP contribution is -2.44. The van der Waals surface area contributed by atoms with Crippen LogP contribution in [-0.4, -0.2) is 66.8 Å². The highest BCUT2D eigenvalue weighted by Gasteiger charge is 2.38. The molecule has 0 aliphatic carbocycles. The molecule has 0 radical (unpaired) electrons. The van der Waals surface area contributed by atoms with Gasteiger partial charge in [-0.25, -0.2) is 14.4 Å². The molecule has 1 saturated heterocycles. The van der Waals surface area contributed by atoms with Gasteiger partial charge in [0.05, 0.1) is 25.3 Å². The molecule has 1 unspecified atom stereocenters. The third-order valence-electron chi connectivity index (χ3n) is 6.15. The first kappa shape index (κ1) is 24.7. The van der Waals surface area contributed by atoms with Crippen molar-refractivity contribution in [2.45, 2.75) is 6.42 Å². The van der Waals surface area contributed by atoms with Crippen LogP contribution in [0.5, 0.6) is 5.75 Å². The van der Waals surface area contributed by atoms with Gasteiger partial charge in [0.15, 0.2) is 18.4 Å². The lowest BCUT2D eigenvalue weighted by atomic mass is 10.2. The second-order valence-corrected chi connectivity index (χ2v) is 8.82. The summed E-state index contributed by atoms with van der Waals surface area (Å²) in [7, 11) is 0. The van der Waals surface area contributed by atoms with E-state index >= 15 is 0 Å². The maximum Gasteiger partial charge on any atom is 0.276 e. The topological polar surface area (TPSA) is 127 Å². The van der Waals surface area contributed by atoms with Crippen molar-refractivity contribution in [1.29, 1.82) is 0 Å². The number of quaternary nitrogens is 1. The Kier molecular flexibility index (Phi) is 7.30. The summed E-state index contributed by atoms with van der Waals surface area (Å²) in [5.74, 6) is 0.513. The maximum atomic E-state index is 13.9. The summed E-state index contributed by atoms with van der Waals surface area (Å²) in [4.78, 5) is 22.9. The van der Waals surface area contributed by atoms with Crippen LogP contribution >= 0.6 is 0 Å². The number of amides is 1. The Morgan fingerprint density at radius 1 is 1.19 bits per heavy atom. The van der Waals surface area contributed by atoms with Crippen molar-refractivity contribution in [2.75, 3.05) is 51.3 Å². The number of benzene rings is 2. The van der Waals surface area contributed by atoms with Gasteiger partial charge in [0.25, 0.3) is 5.91 Å². The molecule has 1 fully saturated rings. The van der Waals surface area contributed by atoms with Crippen LogP contribution in [0.1, 0.15) is 6.42 Å². The van der Waals surface area contributed by atoms with Crippen molar-refractivity contribution in [3.05, 3.63) is 66.6 Å². The summed E-state index contributed by atoms with van der Waals surface area (Å²) < 4.78 is 24.8. The number of morpholine rings is 1. The Balaban J connectivity index is 1.29. The first-order valence-corrected chi connectivity index (χ1v) is 12.0. The Morgan fingerprint density at radius 3 is 2.86 bits per heavy atom. The molecule has 3 heterocycles. The monoisotopic (exact) mass is 507 g/mol. The van der Waals surface area contributed by atoms with E-state index in [-0.39, 0.29) is 11.1 Å². The number of anilines is 1. The molecule has 2 aliphatic heterocycles. The minimum absolute atomic E-state index is 0.213. The molecule has 192 valence electrons. The predicted molar refractivity (Wildman–Crippen MR) is 136 cm³/mol. The molecule has 2 aliphatic rings. The van der Waals surface area contributed by atoms with E-state index in [1.54, 1.807) is 18.3 Å². The third-order valence-corrected chi connectivity index (χ3v) is 6.15. The van der Waals surface area contributed by atoms with Crippen LogP contribution in [0, 0.1) is 5.82 Å². The van der Waals surface area contributed by atoms with Crippen LogP contribution in [0.4, 0.5) is 15.9 Å². The number of primary amides is 1.